The number of rotatable bonds is 2. The zero-order chi connectivity index (χ0) is 9.84. The molecule has 0 aliphatic rings. The van der Waals surface area contributed by atoms with Crippen LogP contribution in [0.1, 0.15) is 5.69 Å². The molecule has 0 aliphatic heterocycles. The van der Waals surface area contributed by atoms with Crippen LogP contribution in [0.15, 0.2) is 16.7 Å². The number of methoxy groups -OCH3 is 1. The lowest BCUT2D eigenvalue weighted by Crippen LogP contribution is -2.06. The highest BCUT2D eigenvalue weighted by Crippen LogP contribution is 2.16. The third kappa shape index (κ3) is 2.69. The first-order valence-electron chi connectivity index (χ1n) is 3.61. The van der Waals surface area contributed by atoms with Crippen LogP contribution >= 0.6 is 15.9 Å². The summed E-state index contributed by atoms with van der Waals surface area (Å²) < 4.78 is 5.05. The van der Waals surface area contributed by atoms with Gasteiger partial charge >= 0.3 is 5.97 Å². The molecular weight excluding hydrogens is 236 g/mol. The minimum atomic E-state index is -0.316. The average Bonchev–Trinajstić information content (AvgIpc) is 2.11. The van der Waals surface area contributed by atoms with Crippen molar-refractivity contribution in [2.24, 2.45) is 0 Å². The molecule has 1 aromatic heterocycles. The number of nitrogens with two attached hydrogens (primary N) is 1. The maximum absolute atomic E-state index is 10.9. The first kappa shape index (κ1) is 9.98. The van der Waals surface area contributed by atoms with Crippen LogP contribution in [0.25, 0.3) is 0 Å². The fourth-order valence-electron chi connectivity index (χ4n) is 0.801. The van der Waals surface area contributed by atoms with Gasteiger partial charge in [0.25, 0.3) is 0 Å². The molecule has 0 aliphatic carbocycles. The molecular formula is C8H9BrN2O2. The van der Waals surface area contributed by atoms with Crippen LogP contribution in [0.3, 0.4) is 0 Å². The number of esters is 1. The third-order valence-electron chi connectivity index (χ3n) is 1.49. The molecule has 0 saturated heterocycles. The monoisotopic (exact) mass is 244 g/mol. The summed E-state index contributed by atoms with van der Waals surface area (Å²) in [5, 5.41) is 0. The Morgan fingerprint density at radius 3 is 2.92 bits per heavy atom. The van der Waals surface area contributed by atoms with E-state index < -0.39 is 0 Å². The van der Waals surface area contributed by atoms with Crippen LogP contribution in [-0.2, 0) is 16.0 Å². The van der Waals surface area contributed by atoms with Gasteiger partial charge in [-0.25, -0.2) is 4.98 Å². The maximum Gasteiger partial charge on any atom is 0.311 e. The van der Waals surface area contributed by atoms with E-state index in [4.69, 9.17) is 5.73 Å². The number of hydrogen-bond acceptors (Lipinski definition) is 4. The highest BCUT2D eigenvalue weighted by Gasteiger charge is 2.05. The third-order valence-corrected chi connectivity index (χ3v) is 2.12. The lowest BCUT2D eigenvalue weighted by atomic mass is 10.2. The van der Waals surface area contributed by atoms with Crippen LogP contribution in [-0.4, -0.2) is 18.1 Å². The number of pyridine rings is 1. The van der Waals surface area contributed by atoms with Crippen molar-refractivity contribution >= 4 is 27.6 Å². The van der Waals surface area contributed by atoms with E-state index in [-0.39, 0.29) is 12.4 Å². The van der Waals surface area contributed by atoms with Gasteiger partial charge in [0, 0.05) is 0 Å². The molecule has 0 amide bonds. The largest absolute Gasteiger partial charge is 0.469 e. The van der Waals surface area contributed by atoms with Crippen LogP contribution in [0, 0.1) is 0 Å². The second-order valence-electron chi connectivity index (χ2n) is 2.44. The van der Waals surface area contributed by atoms with Gasteiger partial charge in [0.05, 0.1) is 24.9 Å². The highest BCUT2D eigenvalue weighted by molar-refractivity contribution is 9.10. The fraction of sp³-hybridized carbons (Fsp3) is 0.250. The Hall–Kier alpha value is -1.10. The highest BCUT2D eigenvalue weighted by atomic mass is 79.9. The van der Waals surface area contributed by atoms with Crippen molar-refractivity contribution in [1.82, 2.24) is 4.98 Å². The minimum absolute atomic E-state index is 0.162. The number of carbonyl (C=O) groups is 1. The molecule has 1 aromatic rings. The predicted molar refractivity (Wildman–Crippen MR) is 52.1 cm³/mol. The van der Waals surface area contributed by atoms with E-state index in [1.165, 1.54) is 7.11 Å². The van der Waals surface area contributed by atoms with Gasteiger partial charge in [-0.2, -0.15) is 0 Å². The van der Waals surface area contributed by atoms with E-state index in [0.29, 0.717) is 16.0 Å². The van der Waals surface area contributed by atoms with Gasteiger partial charge < -0.3 is 10.5 Å². The van der Waals surface area contributed by atoms with E-state index in [1.54, 1.807) is 12.1 Å². The Labute approximate surface area is 84.2 Å². The number of anilines is 1. The van der Waals surface area contributed by atoms with E-state index in [9.17, 15) is 4.79 Å². The summed E-state index contributed by atoms with van der Waals surface area (Å²) in [6, 6.07) is 3.38. The Morgan fingerprint density at radius 2 is 2.38 bits per heavy atom. The molecule has 0 aromatic carbocycles. The Kier molecular flexibility index (Phi) is 3.25. The summed E-state index contributed by atoms with van der Waals surface area (Å²) in [4.78, 5) is 14.9. The number of nitrogen functional groups attached to an aromatic ring is 1. The molecule has 5 heteroatoms. The summed E-state index contributed by atoms with van der Waals surface area (Å²) in [6.45, 7) is 0. The number of carbonyl (C=O) groups excluding carboxylic acids is 1. The number of hydrogen-bond donors (Lipinski definition) is 1. The topological polar surface area (TPSA) is 65.2 Å². The summed E-state index contributed by atoms with van der Waals surface area (Å²) in [5.41, 5.74) is 6.71. The van der Waals surface area contributed by atoms with Crippen molar-refractivity contribution in [3.05, 3.63) is 22.4 Å². The second kappa shape index (κ2) is 4.23. The first-order chi connectivity index (χ1) is 6.13. The molecule has 0 radical (unpaired) electrons. The fourth-order valence-corrected chi connectivity index (χ4v) is 1.16. The van der Waals surface area contributed by atoms with E-state index in [1.807, 2.05) is 0 Å². The van der Waals surface area contributed by atoms with Gasteiger partial charge in [0.15, 0.2) is 0 Å². The molecule has 1 heterocycles. The van der Waals surface area contributed by atoms with Crippen LogP contribution in [0.4, 0.5) is 5.69 Å². The molecule has 0 atom stereocenters. The molecule has 70 valence electrons. The first-order valence-corrected chi connectivity index (χ1v) is 4.40. The van der Waals surface area contributed by atoms with Gasteiger partial charge in [-0.3, -0.25) is 4.79 Å². The minimum Gasteiger partial charge on any atom is -0.469 e. The summed E-state index contributed by atoms with van der Waals surface area (Å²) in [6.07, 6.45) is 0.162. The molecule has 0 fully saturated rings. The molecule has 0 bridgehead atoms. The zero-order valence-corrected chi connectivity index (χ0v) is 8.67. The number of aromatic nitrogens is 1. The maximum atomic E-state index is 10.9. The molecule has 2 N–H and O–H groups in total. The number of halogens is 1. The average molecular weight is 245 g/mol. The SMILES string of the molecule is COC(=O)Cc1ccc(N)c(Br)n1. The number of ether oxygens (including phenoxy) is 1. The van der Waals surface area contributed by atoms with Crippen LogP contribution in [0.5, 0.6) is 0 Å². The van der Waals surface area contributed by atoms with Crippen molar-refractivity contribution in [2.75, 3.05) is 12.8 Å². The zero-order valence-electron chi connectivity index (χ0n) is 7.08. The van der Waals surface area contributed by atoms with Crippen molar-refractivity contribution in [1.29, 1.82) is 0 Å². The normalized spacial score (nSPS) is 9.69. The van der Waals surface area contributed by atoms with Crippen LogP contribution < -0.4 is 5.73 Å². The molecule has 1 rings (SSSR count). The standard InChI is InChI=1S/C8H9BrN2O2/c1-13-7(12)4-5-2-3-6(10)8(9)11-5/h2-3H,4,10H2,1H3. The second-order valence-corrected chi connectivity index (χ2v) is 3.19. The van der Waals surface area contributed by atoms with Crippen molar-refractivity contribution in [3.63, 3.8) is 0 Å². The molecule has 0 saturated carbocycles. The van der Waals surface area contributed by atoms with Crippen LogP contribution in [0.2, 0.25) is 0 Å². The summed E-state index contributed by atoms with van der Waals surface area (Å²) >= 11 is 3.17. The van der Waals surface area contributed by atoms with Gasteiger partial charge in [-0.05, 0) is 28.1 Å². The molecule has 0 spiro atoms. The Morgan fingerprint density at radius 1 is 1.69 bits per heavy atom. The van der Waals surface area contributed by atoms with Crippen molar-refractivity contribution < 1.29 is 9.53 Å². The molecule has 13 heavy (non-hydrogen) atoms. The Balaban J connectivity index is 2.79. The predicted octanol–water partition coefficient (Wildman–Crippen LogP) is 1.14. The van der Waals surface area contributed by atoms with E-state index in [2.05, 4.69) is 25.7 Å². The molecule has 4 nitrogen and oxygen atoms in total. The van der Waals surface area contributed by atoms with Gasteiger partial charge in [0.1, 0.15) is 4.60 Å². The summed E-state index contributed by atoms with van der Waals surface area (Å²) in [7, 11) is 1.34. The van der Waals surface area contributed by atoms with Crippen molar-refractivity contribution in [2.45, 2.75) is 6.42 Å². The molecule has 0 unspecified atom stereocenters. The number of nitrogens with zero attached hydrogens (tertiary/aromatic N) is 1. The van der Waals surface area contributed by atoms with Gasteiger partial charge in [-0.1, -0.05) is 0 Å². The smallest absolute Gasteiger partial charge is 0.311 e. The van der Waals surface area contributed by atoms with Gasteiger partial charge in [0.2, 0.25) is 0 Å². The van der Waals surface area contributed by atoms with Gasteiger partial charge in [-0.15, -0.1) is 0 Å². The summed E-state index contributed by atoms with van der Waals surface area (Å²) in [5.74, 6) is -0.316. The lowest BCUT2D eigenvalue weighted by Gasteiger charge is -2.01. The van der Waals surface area contributed by atoms with E-state index in [0.717, 1.165) is 0 Å². The van der Waals surface area contributed by atoms with E-state index >= 15 is 0 Å². The van der Waals surface area contributed by atoms with Crippen molar-refractivity contribution in [3.8, 4) is 0 Å². The lowest BCUT2D eigenvalue weighted by molar-refractivity contribution is -0.139. The quantitative estimate of drug-likeness (QED) is 0.626. The Bertz CT molecular complexity index is 328.